The fourth-order valence-electron chi connectivity index (χ4n) is 3.32. The average molecular weight is 410 g/mol. The molecule has 0 radical (unpaired) electrons. The molecular weight excluding hydrogens is 384 g/mol. The van der Waals surface area contributed by atoms with E-state index in [-0.39, 0.29) is 17.2 Å². The number of carbonyl (C=O) groups excluding carboxylic acids is 1. The van der Waals surface area contributed by atoms with E-state index in [0.717, 1.165) is 12.8 Å². The number of rotatable bonds is 8. The Morgan fingerprint density at radius 3 is 2.73 bits per heavy atom. The lowest BCUT2D eigenvalue weighted by Gasteiger charge is -2.18. The third-order valence-corrected chi connectivity index (χ3v) is 5.39. The van der Waals surface area contributed by atoms with Gasteiger partial charge in [-0.25, -0.2) is 9.97 Å². The van der Waals surface area contributed by atoms with Crippen molar-refractivity contribution in [2.24, 2.45) is 0 Å². The Bertz CT molecular complexity index is 1060. The van der Waals surface area contributed by atoms with Crippen molar-refractivity contribution in [1.29, 1.82) is 0 Å². The fourth-order valence-corrected chi connectivity index (χ4v) is 3.32. The van der Waals surface area contributed by atoms with E-state index in [9.17, 15) is 9.90 Å². The summed E-state index contributed by atoms with van der Waals surface area (Å²) in [6, 6.07) is 6.57. The first-order valence-electron chi connectivity index (χ1n) is 10.1. The maximum absolute atomic E-state index is 13.2. The van der Waals surface area contributed by atoms with Crippen LogP contribution in [0.4, 0.5) is 5.82 Å². The van der Waals surface area contributed by atoms with Crippen LogP contribution in [0.2, 0.25) is 0 Å². The first-order valence-corrected chi connectivity index (χ1v) is 10.1. The van der Waals surface area contributed by atoms with Crippen LogP contribution in [0.5, 0.6) is 11.5 Å². The Morgan fingerprint density at radius 1 is 1.30 bits per heavy atom. The van der Waals surface area contributed by atoms with Gasteiger partial charge in [-0.15, -0.1) is 0 Å². The molecule has 158 valence electrons. The molecule has 0 unspecified atom stereocenters. The van der Waals surface area contributed by atoms with Gasteiger partial charge < -0.3 is 24.5 Å². The van der Waals surface area contributed by atoms with Crippen LogP contribution in [0, 0.1) is 6.92 Å². The SMILES string of the molecule is Cc1oc2ncnc(NC3(C)CC3)c2c1C(=O)N(C)CCCOc1ccc(O)cc1. The molecule has 30 heavy (non-hydrogen) atoms. The van der Waals surface area contributed by atoms with E-state index in [1.165, 1.54) is 6.33 Å². The Morgan fingerprint density at radius 2 is 2.03 bits per heavy atom. The van der Waals surface area contributed by atoms with Crippen molar-refractivity contribution < 1.29 is 19.1 Å². The average Bonchev–Trinajstić information content (AvgIpc) is 3.34. The molecule has 2 heterocycles. The molecule has 8 heteroatoms. The second-order valence-corrected chi connectivity index (χ2v) is 8.04. The van der Waals surface area contributed by atoms with Gasteiger partial charge in [0.05, 0.1) is 17.6 Å². The second-order valence-electron chi connectivity index (χ2n) is 8.04. The Kier molecular flexibility index (Phi) is 5.24. The summed E-state index contributed by atoms with van der Waals surface area (Å²) in [5.74, 6) is 1.93. The molecule has 0 spiro atoms. The minimum atomic E-state index is -0.130. The summed E-state index contributed by atoms with van der Waals surface area (Å²) < 4.78 is 11.4. The van der Waals surface area contributed by atoms with Crippen LogP contribution in [-0.2, 0) is 0 Å². The summed E-state index contributed by atoms with van der Waals surface area (Å²) in [5.41, 5.74) is 0.936. The number of anilines is 1. The summed E-state index contributed by atoms with van der Waals surface area (Å²) in [5, 5.41) is 13.4. The molecule has 0 aliphatic heterocycles. The predicted octanol–water partition coefficient (Wildman–Crippen LogP) is 3.74. The van der Waals surface area contributed by atoms with E-state index < -0.39 is 0 Å². The lowest BCUT2D eigenvalue weighted by atomic mass is 10.1. The van der Waals surface area contributed by atoms with Gasteiger partial charge >= 0.3 is 0 Å². The first kappa shape index (κ1) is 20.0. The molecular formula is C22H26N4O4. The molecule has 0 bridgehead atoms. The summed E-state index contributed by atoms with van der Waals surface area (Å²) in [7, 11) is 1.76. The van der Waals surface area contributed by atoms with Crippen molar-refractivity contribution in [1.82, 2.24) is 14.9 Å². The lowest BCUT2D eigenvalue weighted by molar-refractivity contribution is 0.0787. The topological polar surface area (TPSA) is 101 Å². The zero-order valence-corrected chi connectivity index (χ0v) is 17.4. The summed E-state index contributed by atoms with van der Waals surface area (Å²) in [6.07, 6.45) is 4.26. The van der Waals surface area contributed by atoms with E-state index in [2.05, 4.69) is 22.2 Å². The molecule has 1 fully saturated rings. The monoisotopic (exact) mass is 410 g/mol. The van der Waals surface area contributed by atoms with Crippen molar-refractivity contribution in [3.05, 3.63) is 41.9 Å². The van der Waals surface area contributed by atoms with E-state index in [1.54, 1.807) is 43.1 Å². The second kappa shape index (κ2) is 7.85. The zero-order chi connectivity index (χ0) is 21.3. The van der Waals surface area contributed by atoms with Crippen LogP contribution in [0.3, 0.4) is 0 Å². The van der Waals surface area contributed by atoms with Gasteiger partial charge in [0.25, 0.3) is 5.91 Å². The van der Waals surface area contributed by atoms with E-state index >= 15 is 0 Å². The molecule has 1 aliphatic carbocycles. The van der Waals surface area contributed by atoms with Gasteiger partial charge in [0, 0.05) is 19.1 Å². The van der Waals surface area contributed by atoms with Gasteiger partial charge in [0.2, 0.25) is 5.71 Å². The molecule has 1 aromatic carbocycles. The molecule has 1 amide bonds. The number of hydrogen-bond donors (Lipinski definition) is 2. The third-order valence-electron chi connectivity index (χ3n) is 5.39. The normalized spacial score (nSPS) is 14.5. The van der Waals surface area contributed by atoms with Gasteiger partial charge in [0.15, 0.2) is 0 Å². The molecule has 0 atom stereocenters. The highest BCUT2D eigenvalue weighted by molar-refractivity contribution is 6.10. The van der Waals surface area contributed by atoms with Crippen LogP contribution in [0.15, 0.2) is 35.0 Å². The van der Waals surface area contributed by atoms with Gasteiger partial charge in [0.1, 0.15) is 29.4 Å². The van der Waals surface area contributed by atoms with Crippen molar-refractivity contribution in [3.8, 4) is 11.5 Å². The van der Waals surface area contributed by atoms with E-state index in [4.69, 9.17) is 9.15 Å². The van der Waals surface area contributed by atoms with Crippen LogP contribution in [0.1, 0.15) is 42.3 Å². The minimum absolute atomic E-state index is 0.0181. The Hall–Kier alpha value is -3.29. The summed E-state index contributed by atoms with van der Waals surface area (Å²) in [4.78, 5) is 23.4. The van der Waals surface area contributed by atoms with Gasteiger partial charge in [-0.05, 0) is 57.4 Å². The number of nitrogens with one attached hydrogen (secondary N) is 1. The Labute approximate surface area is 174 Å². The number of nitrogens with zero attached hydrogens (tertiary/aromatic N) is 3. The van der Waals surface area contributed by atoms with Gasteiger partial charge in [-0.2, -0.15) is 0 Å². The number of aromatic nitrogens is 2. The highest BCUT2D eigenvalue weighted by atomic mass is 16.5. The third kappa shape index (κ3) is 4.17. The van der Waals surface area contributed by atoms with Crippen LogP contribution < -0.4 is 10.1 Å². The van der Waals surface area contributed by atoms with Crippen LogP contribution in [0.25, 0.3) is 11.1 Å². The van der Waals surface area contributed by atoms with E-state index in [0.29, 0.717) is 53.6 Å². The van der Waals surface area contributed by atoms with Crippen molar-refractivity contribution in [2.45, 2.75) is 38.6 Å². The van der Waals surface area contributed by atoms with E-state index in [1.807, 2.05) is 0 Å². The highest BCUT2D eigenvalue weighted by Gasteiger charge is 2.38. The maximum Gasteiger partial charge on any atom is 0.257 e. The maximum atomic E-state index is 13.2. The summed E-state index contributed by atoms with van der Waals surface area (Å²) >= 11 is 0. The number of carbonyl (C=O) groups is 1. The number of furan rings is 1. The molecule has 2 aromatic heterocycles. The molecule has 1 aliphatic rings. The number of hydrogen-bond acceptors (Lipinski definition) is 7. The molecule has 1 saturated carbocycles. The summed E-state index contributed by atoms with van der Waals surface area (Å²) in [6.45, 7) is 4.90. The number of amides is 1. The van der Waals surface area contributed by atoms with Crippen LogP contribution >= 0.6 is 0 Å². The highest BCUT2D eigenvalue weighted by Crippen LogP contribution is 2.40. The smallest absolute Gasteiger partial charge is 0.257 e. The van der Waals surface area contributed by atoms with Crippen molar-refractivity contribution in [2.75, 3.05) is 25.5 Å². The number of ether oxygens (including phenoxy) is 1. The Balaban J connectivity index is 1.44. The quantitative estimate of drug-likeness (QED) is 0.546. The zero-order valence-electron chi connectivity index (χ0n) is 17.4. The lowest BCUT2D eigenvalue weighted by Crippen LogP contribution is -2.29. The fraction of sp³-hybridized carbons (Fsp3) is 0.409. The largest absolute Gasteiger partial charge is 0.508 e. The molecule has 8 nitrogen and oxygen atoms in total. The van der Waals surface area contributed by atoms with Crippen molar-refractivity contribution in [3.63, 3.8) is 0 Å². The molecule has 3 aromatic rings. The number of phenolic OH excluding ortho intramolecular Hbond substituents is 1. The van der Waals surface area contributed by atoms with Crippen LogP contribution in [-0.4, -0.2) is 51.6 Å². The number of benzene rings is 1. The van der Waals surface area contributed by atoms with Gasteiger partial charge in [-0.1, -0.05) is 0 Å². The first-order chi connectivity index (χ1) is 14.4. The standard InChI is InChI=1S/C22H26N4O4/c1-14-17(18-19(25-22(2)9-10-22)23-13-24-20(18)30-14)21(28)26(3)11-4-12-29-16-7-5-15(27)6-8-16/h5-8,13,27H,4,9-12H2,1-3H3,(H,23,24,25). The number of aryl methyl sites for hydroxylation is 1. The number of fused-ring (bicyclic) bond motifs is 1. The minimum Gasteiger partial charge on any atom is -0.508 e. The molecule has 2 N–H and O–H groups in total. The molecule has 4 rings (SSSR count). The van der Waals surface area contributed by atoms with Gasteiger partial charge in [-0.3, -0.25) is 4.79 Å². The number of aromatic hydroxyl groups is 1. The molecule has 0 saturated heterocycles. The van der Waals surface area contributed by atoms with Crippen molar-refractivity contribution >= 4 is 22.8 Å². The number of phenols is 1. The predicted molar refractivity (Wildman–Crippen MR) is 113 cm³/mol.